The SMILES string of the molecule is CCCCN(C(=O)c1cccc(Cl)c1F)C(=O)c1cccc(Cl)c1F. The lowest BCUT2D eigenvalue weighted by atomic mass is 10.1. The molecule has 0 spiro atoms. The highest BCUT2D eigenvalue weighted by molar-refractivity contribution is 6.31. The van der Waals surface area contributed by atoms with Crippen molar-refractivity contribution in [3.63, 3.8) is 0 Å². The van der Waals surface area contributed by atoms with E-state index in [-0.39, 0.29) is 27.7 Å². The van der Waals surface area contributed by atoms with Crippen molar-refractivity contribution in [2.24, 2.45) is 0 Å². The Morgan fingerprint density at radius 1 is 0.920 bits per heavy atom. The number of halogens is 4. The molecule has 2 aromatic rings. The van der Waals surface area contributed by atoms with Gasteiger partial charge in [0.15, 0.2) is 11.6 Å². The molecule has 0 unspecified atom stereocenters. The van der Waals surface area contributed by atoms with E-state index in [2.05, 4.69) is 0 Å². The number of rotatable bonds is 5. The molecule has 2 rings (SSSR count). The molecule has 0 aliphatic heterocycles. The Hall–Kier alpha value is -1.98. The van der Waals surface area contributed by atoms with Crippen LogP contribution >= 0.6 is 23.2 Å². The minimum atomic E-state index is -0.921. The fraction of sp³-hybridized carbons (Fsp3) is 0.222. The van der Waals surface area contributed by atoms with E-state index in [1.165, 1.54) is 36.4 Å². The number of benzene rings is 2. The normalized spacial score (nSPS) is 10.6. The van der Waals surface area contributed by atoms with Crippen molar-refractivity contribution < 1.29 is 18.4 Å². The van der Waals surface area contributed by atoms with Gasteiger partial charge in [-0.15, -0.1) is 0 Å². The van der Waals surface area contributed by atoms with Crippen LogP contribution in [-0.2, 0) is 0 Å². The fourth-order valence-corrected chi connectivity index (χ4v) is 2.59. The first-order valence-corrected chi connectivity index (χ1v) is 8.38. The summed E-state index contributed by atoms with van der Waals surface area (Å²) < 4.78 is 28.3. The molecule has 0 aliphatic rings. The lowest BCUT2D eigenvalue weighted by Gasteiger charge is -2.21. The van der Waals surface area contributed by atoms with Crippen LogP contribution in [0.1, 0.15) is 40.5 Å². The van der Waals surface area contributed by atoms with Gasteiger partial charge in [0.05, 0.1) is 21.2 Å². The van der Waals surface area contributed by atoms with Gasteiger partial charge in [0.2, 0.25) is 0 Å². The molecule has 25 heavy (non-hydrogen) atoms. The average Bonchev–Trinajstić information content (AvgIpc) is 2.59. The summed E-state index contributed by atoms with van der Waals surface area (Å²) in [6.07, 6.45) is 1.18. The Bertz CT molecular complexity index is 748. The Labute approximate surface area is 154 Å². The largest absolute Gasteiger partial charge is 0.274 e. The molecule has 0 aliphatic carbocycles. The molecular weight excluding hydrogens is 371 g/mol. The van der Waals surface area contributed by atoms with Crippen molar-refractivity contribution in [1.29, 1.82) is 0 Å². The molecule has 0 aromatic heterocycles. The first-order valence-electron chi connectivity index (χ1n) is 7.62. The van der Waals surface area contributed by atoms with E-state index < -0.39 is 23.4 Å². The first-order chi connectivity index (χ1) is 11.9. The molecule has 0 saturated heterocycles. The van der Waals surface area contributed by atoms with Crippen LogP contribution in [0.4, 0.5) is 8.78 Å². The minimum absolute atomic E-state index is 0.0199. The summed E-state index contributed by atoms with van der Waals surface area (Å²) in [7, 11) is 0. The van der Waals surface area contributed by atoms with Gasteiger partial charge in [-0.2, -0.15) is 0 Å². The number of amides is 2. The summed E-state index contributed by atoms with van der Waals surface area (Å²) in [5, 5.41) is -0.467. The summed E-state index contributed by atoms with van der Waals surface area (Å²) in [6, 6.07) is 7.85. The van der Waals surface area contributed by atoms with E-state index in [0.717, 1.165) is 4.90 Å². The highest BCUT2D eigenvalue weighted by Crippen LogP contribution is 2.23. The number of hydrogen-bond acceptors (Lipinski definition) is 2. The maximum Gasteiger partial charge on any atom is 0.263 e. The average molecular weight is 386 g/mol. The lowest BCUT2D eigenvalue weighted by Crippen LogP contribution is -2.38. The quantitative estimate of drug-likeness (QED) is 0.650. The summed E-state index contributed by atoms with van der Waals surface area (Å²) in [4.78, 5) is 26.2. The highest BCUT2D eigenvalue weighted by Gasteiger charge is 2.28. The molecule has 0 N–H and O–H groups in total. The topological polar surface area (TPSA) is 37.4 Å². The highest BCUT2D eigenvalue weighted by atomic mass is 35.5. The Morgan fingerprint density at radius 3 is 1.76 bits per heavy atom. The van der Waals surface area contributed by atoms with E-state index in [4.69, 9.17) is 23.2 Å². The zero-order valence-electron chi connectivity index (χ0n) is 13.4. The maximum atomic E-state index is 14.2. The summed E-state index contributed by atoms with van der Waals surface area (Å²) in [6.45, 7) is 1.89. The molecular formula is C18H15Cl2F2NO2. The van der Waals surface area contributed by atoms with Crippen LogP contribution in [0.25, 0.3) is 0 Å². The van der Waals surface area contributed by atoms with Crippen molar-refractivity contribution in [2.45, 2.75) is 19.8 Å². The molecule has 0 bridgehead atoms. The second-order valence-electron chi connectivity index (χ2n) is 5.32. The predicted octanol–water partition coefficient (Wildman–Crippen LogP) is 5.35. The number of nitrogens with zero attached hydrogens (tertiary/aromatic N) is 1. The Kier molecular flexibility index (Phi) is 6.51. The van der Waals surface area contributed by atoms with Crippen molar-refractivity contribution in [3.05, 3.63) is 69.2 Å². The van der Waals surface area contributed by atoms with Gasteiger partial charge in [-0.05, 0) is 30.7 Å². The number of carbonyl (C=O) groups is 2. The Morgan fingerprint density at radius 2 is 1.36 bits per heavy atom. The number of imide groups is 1. The van der Waals surface area contributed by atoms with Crippen LogP contribution < -0.4 is 0 Å². The zero-order valence-corrected chi connectivity index (χ0v) is 14.9. The molecule has 0 heterocycles. The molecule has 132 valence electrons. The van der Waals surface area contributed by atoms with Gasteiger partial charge in [-0.3, -0.25) is 14.5 Å². The van der Waals surface area contributed by atoms with E-state index in [9.17, 15) is 18.4 Å². The van der Waals surface area contributed by atoms with E-state index in [1.54, 1.807) is 0 Å². The first kappa shape index (κ1) is 19.3. The molecule has 7 heteroatoms. The second kappa shape index (κ2) is 8.41. The smallest absolute Gasteiger partial charge is 0.263 e. The standard InChI is InChI=1S/C18H15Cl2F2NO2/c1-2-3-10-23(17(24)11-6-4-8-13(19)15(11)21)18(25)12-7-5-9-14(20)16(12)22/h4-9H,2-3,10H2,1H3. The monoisotopic (exact) mass is 385 g/mol. The fourth-order valence-electron chi connectivity index (χ4n) is 2.24. The van der Waals surface area contributed by atoms with Gasteiger partial charge < -0.3 is 0 Å². The zero-order chi connectivity index (χ0) is 18.6. The third kappa shape index (κ3) is 4.17. The van der Waals surface area contributed by atoms with Gasteiger partial charge in [-0.1, -0.05) is 48.7 Å². The van der Waals surface area contributed by atoms with Crippen molar-refractivity contribution >= 4 is 35.0 Å². The number of hydrogen-bond donors (Lipinski definition) is 0. The van der Waals surface area contributed by atoms with Gasteiger partial charge in [-0.25, -0.2) is 8.78 Å². The predicted molar refractivity (Wildman–Crippen MR) is 93.1 cm³/mol. The Balaban J connectivity index is 2.45. The number of unbranched alkanes of at least 4 members (excludes halogenated alkanes) is 1. The summed E-state index contributed by atoms with van der Waals surface area (Å²) in [5.41, 5.74) is -0.696. The van der Waals surface area contributed by atoms with Crippen molar-refractivity contribution in [3.8, 4) is 0 Å². The van der Waals surface area contributed by atoms with Gasteiger partial charge in [0.1, 0.15) is 0 Å². The van der Waals surface area contributed by atoms with Crippen molar-refractivity contribution in [1.82, 2.24) is 4.90 Å². The van der Waals surface area contributed by atoms with Gasteiger partial charge >= 0.3 is 0 Å². The molecule has 0 atom stereocenters. The van der Waals surface area contributed by atoms with E-state index in [1.807, 2.05) is 6.92 Å². The molecule has 2 aromatic carbocycles. The number of carbonyl (C=O) groups excluding carboxylic acids is 2. The maximum absolute atomic E-state index is 14.2. The van der Waals surface area contributed by atoms with Crippen LogP contribution in [-0.4, -0.2) is 23.3 Å². The van der Waals surface area contributed by atoms with Crippen LogP contribution in [0.15, 0.2) is 36.4 Å². The third-order valence-electron chi connectivity index (χ3n) is 3.59. The molecule has 0 saturated carbocycles. The lowest BCUT2D eigenvalue weighted by molar-refractivity contribution is 0.0609. The minimum Gasteiger partial charge on any atom is -0.274 e. The van der Waals surface area contributed by atoms with Crippen LogP contribution in [0.5, 0.6) is 0 Å². The van der Waals surface area contributed by atoms with E-state index >= 15 is 0 Å². The third-order valence-corrected chi connectivity index (χ3v) is 4.17. The van der Waals surface area contributed by atoms with Crippen molar-refractivity contribution in [2.75, 3.05) is 6.54 Å². The van der Waals surface area contributed by atoms with E-state index in [0.29, 0.717) is 12.8 Å². The second-order valence-corrected chi connectivity index (χ2v) is 6.13. The van der Waals surface area contributed by atoms with Gasteiger partial charge in [0.25, 0.3) is 11.8 Å². The summed E-state index contributed by atoms with van der Waals surface area (Å²) in [5.74, 6) is -3.60. The van der Waals surface area contributed by atoms with Crippen LogP contribution in [0.2, 0.25) is 10.0 Å². The molecule has 3 nitrogen and oxygen atoms in total. The van der Waals surface area contributed by atoms with Gasteiger partial charge in [0, 0.05) is 6.54 Å². The molecule has 0 radical (unpaired) electrons. The molecule has 0 fully saturated rings. The summed E-state index contributed by atoms with van der Waals surface area (Å²) >= 11 is 11.4. The van der Waals surface area contributed by atoms with Crippen LogP contribution in [0, 0.1) is 11.6 Å². The molecule has 2 amide bonds. The van der Waals surface area contributed by atoms with Crippen LogP contribution in [0.3, 0.4) is 0 Å².